The lowest BCUT2D eigenvalue weighted by Gasteiger charge is -2.26. The molecule has 0 saturated heterocycles. The number of amides is 1. The molecule has 30 heavy (non-hydrogen) atoms. The number of carbonyl (C=O) groups excluding carboxylic acids is 1. The van der Waals surface area contributed by atoms with Crippen molar-refractivity contribution >= 4 is 34.4 Å². The van der Waals surface area contributed by atoms with Crippen molar-refractivity contribution in [1.29, 1.82) is 5.26 Å². The van der Waals surface area contributed by atoms with E-state index in [4.69, 9.17) is 11.6 Å². The van der Waals surface area contributed by atoms with Crippen LogP contribution in [-0.2, 0) is 4.79 Å². The Morgan fingerprint density at radius 2 is 2.03 bits per heavy atom. The number of hydrogen-bond acceptors (Lipinski definition) is 6. The van der Waals surface area contributed by atoms with Crippen molar-refractivity contribution in [3.05, 3.63) is 35.2 Å². The molecule has 0 unspecified atom stereocenters. The fraction of sp³-hybridized carbons (Fsp3) is 0.278. The quantitative estimate of drug-likeness (QED) is 0.562. The van der Waals surface area contributed by atoms with Crippen LogP contribution in [0.15, 0.2) is 24.7 Å². The van der Waals surface area contributed by atoms with E-state index in [1.165, 1.54) is 26.2 Å². The lowest BCUT2D eigenvalue weighted by molar-refractivity contribution is -0.140. The van der Waals surface area contributed by atoms with E-state index < -0.39 is 24.2 Å². The van der Waals surface area contributed by atoms with Crippen LogP contribution in [0.4, 0.5) is 19.0 Å². The van der Waals surface area contributed by atoms with Crippen LogP contribution in [0.2, 0.25) is 5.02 Å². The number of aromatic amines is 1. The molecule has 3 N–H and O–H groups in total. The summed E-state index contributed by atoms with van der Waals surface area (Å²) < 4.78 is 37.2. The fourth-order valence-corrected chi connectivity index (χ4v) is 2.76. The van der Waals surface area contributed by atoms with Crippen LogP contribution in [0.25, 0.3) is 22.4 Å². The molecule has 3 aromatic rings. The Hall–Kier alpha value is -3.39. The maximum absolute atomic E-state index is 12.4. The molecule has 0 aliphatic carbocycles. The Morgan fingerprint density at radius 3 is 2.70 bits per heavy atom. The standard InChI is InChI=1S/C18H15ClF3N7O/c1-17(2,16(30)27-8-18(20,21)22)29-13-9(4-23)5-24-15(28-13)12-7-26-14-11(12)3-10(19)6-25-14/h3,5-7H,8H2,1-2H3,(H,25,26)(H,27,30)(H,24,28,29). The lowest BCUT2D eigenvalue weighted by atomic mass is 10.0. The number of rotatable bonds is 5. The van der Waals surface area contributed by atoms with Crippen LogP contribution in [0.5, 0.6) is 0 Å². The minimum Gasteiger partial charge on any atom is -0.355 e. The molecule has 0 bridgehead atoms. The minimum absolute atomic E-state index is 0.000930. The zero-order valence-electron chi connectivity index (χ0n) is 15.7. The fourth-order valence-electron chi connectivity index (χ4n) is 2.61. The second kappa shape index (κ2) is 7.79. The van der Waals surface area contributed by atoms with Gasteiger partial charge in [-0.05, 0) is 19.9 Å². The third-order valence-corrected chi connectivity index (χ3v) is 4.30. The minimum atomic E-state index is -4.55. The summed E-state index contributed by atoms with van der Waals surface area (Å²) in [6.45, 7) is 1.27. The highest BCUT2D eigenvalue weighted by atomic mass is 35.5. The highest BCUT2D eigenvalue weighted by molar-refractivity contribution is 6.31. The molecule has 0 fully saturated rings. The zero-order valence-corrected chi connectivity index (χ0v) is 16.5. The van der Waals surface area contributed by atoms with Crippen molar-refractivity contribution in [3.63, 3.8) is 0 Å². The van der Waals surface area contributed by atoms with E-state index >= 15 is 0 Å². The molecule has 0 aromatic carbocycles. The molecule has 0 aliphatic heterocycles. The predicted octanol–water partition coefficient (Wildman–Crippen LogP) is 3.41. The Labute approximate surface area is 173 Å². The molecule has 0 aliphatic rings. The number of alkyl halides is 3. The average Bonchev–Trinajstić information content (AvgIpc) is 3.08. The van der Waals surface area contributed by atoms with Gasteiger partial charge in [-0.1, -0.05) is 11.6 Å². The van der Waals surface area contributed by atoms with Crippen LogP contribution in [0, 0.1) is 11.3 Å². The molecule has 3 heterocycles. The summed E-state index contributed by atoms with van der Waals surface area (Å²) in [6, 6.07) is 3.56. The van der Waals surface area contributed by atoms with Crippen molar-refractivity contribution in [2.24, 2.45) is 0 Å². The first-order chi connectivity index (χ1) is 14.0. The van der Waals surface area contributed by atoms with Crippen molar-refractivity contribution in [1.82, 2.24) is 25.3 Å². The predicted molar refractivity (Wildman–Crippen MR) is 104 cm³/mol. The van der Waals surface area contributed by atoms with Gasteiger partial charge in [0.25, 0.3) is 0 Å². The van der Waals surface area contributed by atoms with E-state index in [9.17, 15) is 23.2 Å². The summed E-state index contributed by atoms with van der Waals surface area (Å²) in [4.78, 5) is 27.8. The van der Waals surface area contributed by atoms with Gasteiger partial charge in [-0.3, -0.25) is 4.79 Å². The number of carbonyl (C=O) groups is 1. The number of nitrogens with zero attached hydrogens (tertiary/aromatic N) is 4. The number of hydrogen-bond donors (Lipinski definition) is 3. The average molecular weight is 438 g/mol. The van der Waals surface area contributed by atoms with Gasteiger partial charge in [0.05, 0.1) is 11.2 Å². The van der Waals surface area contributed by atoms with Crippen molar-refractivity contribution in [2.75, 3.05) is 11.9 Å². The molecule has 0 radical (unpaired) electrons. The molecule has 0 atom stereocenters. The molecule has 0 saturated carbocycles. The molecule has 3 rings (SSSR count). The Balaban J connectivity index is 1.94. The highest BCUT2D eigenvalue weighted by Crippen LogP contribution is 2.29. The maximum atomic E-state index is 12.4. The van der Waals surface area contributed by atoms with E-state index in [0.717, 1.165) is 0 Å². The summed E-state index contributed by atoms with van der Waals surface area (Å²) >= 11 is 6.00. The Kier molecular flexibility index (Phi) is 5.54. The number of pyridine rings is 1. The first-order valence-electron chi connectivity index (χ1n) is 8.53. The van der Waals surface area contributed by atoms with Crippen LogP contribution in [0.3, 0.4) is 0 Å². The van der Waals surface area contributed by atoms with Crippen LogP contribution in [0.1, 0.15) is 19.4 Å². The molecule has 3 aromatic heterocycles. The van der Waals surface area contributed by atoms with Crippen molar-refractivity contribution in [3.8, 4) is 17.5 Å². The van der Waals surface area contributed by atoms with E-state index in [1.807, 2.05) is 11.4 Å². The molecule has 8 nitrogen and oxygen atoms in total. The molecular weight excluding hydrogens is 423 g/mol. The van der Waals surface area contributed by atoms with Gasteiger partial charge in [-0.15, -0.1) is 0 Å². The zero-order chi connectivity index (χ0) is 22.1. The first-order valence-corrected chi connectivity index (χ1v) is 8.91. The van der Waals surface area contributed by atoms with Gasteiger partial charge in [-0.25, -0.2) is 15.0 Å². The normalized spacial score (nSPS) is 11.9. The van der Waals surface area contributed by atoms with E-state index in [0.29, 0.717) is 21.6 Å². The Bertz CT molecular complexity index is 1150. The molecular formula is C18H15ClF3N7O. The third-order valence-electron chi connectivity index (χ3n) is 4.10. The molecule has 12 heteroatoms. The molecule has 0 spiro atoms. The smallest absolute Gasteiger partial charge is 0.355 e. The van der Waals surface area contributed by atoms with Crippen molar-refractivity contribution < 1.29 is 18.0 Å². The third kappa shape index (κ3) is 4.60. The van der Waals surface area contributed by atoms with Crippen LogP contribution < -0.4 is 10.6 Å². The number of anilines is 1. The SMILES string of the molecule is CC(C)(Nc1nc(-c2c[nH]c3ncc(Cl)cc23)ncc1C#N)C(=O)NCC(F)(F)F. The summed E-state index contributed by atoms with van der Waals surface area (Å²) in [5.74, 6) is -0.704. The van der Waals surface area contributed by atoms with Gasteiger partial charge in [-0.2, -0.15) is 18.4 Å². The van der Waals surface area contributed by atoms with Crippen LogP contribution >= 0.6 is 11.6 Å². The molecule has 156 valence electrons. The van der Waals surface area contributed by atoms with Gasteiger partial charge in [0.15, 0.2) is 5.82 Å². The van der Waals surface area contributed by atoms with Gasteiger partial charge in [0, 0.05) is 23.3 Å². The summed E-state index contributed by atoms with van der Waals surface area (Å²) in [5, 5.41) is 14.9. The number of halogens is 4. The van der Waals surface area contributed by atoms with E-state index in [-0.39, 0.29) is 17.2 Å². The molecule has 1 amide bonds. The number of fused-ring (bicyclic) bond motifs is 1. The maximum Gasteiger partial charge on any atom is 0.405 e. The summed E-state index contributed by atoms with van der Waals surface area (Å²) in [5.41, 5.74) is -0.380. The van der Waals surface area contributed by atoms with Crippen molar-refractivity contribution in [2.45, 2.75) is 25.6 Å². The monoisotopic (exact) mass is 437 g/mol. The largest absolute Gasteiger partial charge is 0.405 e. The van der Waals surface area contributed by atoms with E-state index in [2.05, 4.69) is 25.3 Å². The number of H-pyrrole nitrogens is 1. The first kappa shape index (κ1) is 21.3. The second-order valence-corrected chi connectivity index (χ2v) is 7.30. The lowest BCUT2D eigenvalue weighted by Crippen LogP contribution is -2.50. The van der Waals surface area contributed by atoms with Gasteiger partial charge >= 0.3 is 6.18 Å². The van der Waals surface area contributed by atoms with Gasteiger partial charge in [0.1, 0.15) is 35.2 Å². The number of aromatic nitrogens is 4. The number of nitriles is 1. The number of nitrogens with one attached hydrogen (secondary N) is 3. The van der Waals surface area contributed by atoms with Crippen LogP contribution in [-0.4, -0.2) is 44.1 Å². The van der Waals surface area contributed by atoms with Gasteiger partial charge < -0.3 is 15.6 Å². The topological polar surface area (TPSA) is 119 Å². The summed E-state index contributed by atoms with van der Waals surface area (Å²) in [6.07, 6.45) is -0.208. The highest BCUT2D eigenvalue weighted by Gasteiger charge is 2.34. The van der Waals surface area contributed by atoms with Gasteiger partial charge in [0.2, 0.25) is 5.91 Å². The Morgan fingerprint density at radius 1 is 1.30 bits per heavy atom. The second-order valence-electron chi connectivity index (χ2n) is 6.87. The van der Waals surface area contributed by atoms with E-state index in [1.54, 1.807) is 12.3 Å². The summed E-state index contributed by atoms with van der Waals surface area (Å²) in [7, 11) is 0.